The number of carbonyl (C=O) groups excluding carboxylic acids is 1. The zero-order valence-corrected chi connectivity index (χ0v) is 12.3. The van der Waals surface area contributed by atoms with Gasteiger partial charge in [0.25, 0.3) is 0 Å². The molecule has 2 aromatic rings. The average molecular weight is 290 g/mol. The van der Waals surface area contributed by atoms with E-state index in [2.05, 4.69) is 12.1 Å². The highest BCUT2D eigenvalue weighted by Gasteiger charge is 2.29. The molecule has 104 valence electrons. The second-order valence-electron chi connectivity index (χ2n) is 4.93. The van der Waals surface area contributed by atoms with Crippen LogP contribution < -0.4 is 0 Å². The van der Waals surface area contributed by atoms with E-state index in [1.165, 1.54) is 5.56 Å². The first kappa shape index (κ1) is 13.3. The minimum absolute atomic E-state index is 0.325. The van der Waals surface area contributed by atoms with Crippen molar-refractivity contribution in [1.29, 1.82) is 0 Å². The van der Waals surface area contributed by atoms with Crippen LogP contribution in [0.1, 0.15) is 28.4 Å². The number of aryl methyl sites for hydroxylation is 1. The van der Waals surface area contributed by atoms with Crippen molar-refractivity contribution in [1.82, 2.24) is 4.57 Å². The third-order valence-corrected chi connectivity index (χ3v) is 4.26. The highest BCUT2D eigenvalue weighted by Crippen LogP contribution is 2.40. The number of carbonyl (C=O) groups is 1. The van der Waals surface area contributed by atoms with Gasteiger partial charge in [-0.1, -0.05) is 35.9 Å². The maximum Gasteiger partial charge on any atom is 0.341 e. The number of nitrogens with zero attached hydrogens (tertiary/aromatic N) is 1. The van der Waals surface area contributed by atoms with Crippen molar-refractivity contribution in [2.45, 2.75) is 19.8 Å². The van der Waals surface area contributed by atoms with Gasteiger partial charge in [0.05, 0.1) is 12.3 Å². The molecule has 4 heteroatoms. The van der Waals surface area contributed by atoms with Gasteiger partial charge in [-0.25, -0.2) is 4.79 Å². The lowest BCUT2D eigenvalue weighted by Gasteiger charge is -2.18. The second-order valence-corrected chi connectivity index (χ2v) is 5.29. The Kier molecular flexibility index (Phi) is 3.30. The Hall–Kier alpha value is -1.74. The van der Waals surface area contributed by atoms with Crippen molar-refractivity contribution in [2.75, 3.05) is 6.61 Å². The van der Waals surface area contributed by atoms with Crippen molar-refractivity contribution < 1.29 is 9.53 Å². The molecule has 0 unspecified atom stereocenters. The summed E-state index contributed by atoms with van der Waals surface area (Å²) < 4.78 is 7.03. The van der Waals surface area contributed by atoms with Gasteiger partial charge < -0.3 is 9.30 Å². The lowest BCUT2D eigenvalue weighted by Crippen LogP contribution is -2.10. The number of hydrogen-bond donors (Lipinski definition) is 0. The fourth-order valence-corrected chi connectivity index (χ4v) is 3.21. The molecule has 1 heterocycles. The smallest absolute Gasteiger partial charge is 0.341 e. The van der Waals surface area contributed by atoms with Crippen LogP contribution in [0, 0.1) is 0 Å². The first-order chi connectivity index (χ1) is 9.65. The van der Waals surface area contributed by atoms with E-state index in [1.807, 2.05) is 23.7 Å². The first-order valence-electron chi connectivity index (χ1n) is 6.77. The summed E-state index contributed by atoms with van der Waals surface area (Å²) in [5.41, 5.74) is 5.04. The van der Waals surface area contributed by atoms with Gasteiger partial charge in [-0.15, -0.1) is 0 Å². The van der Waals surface area contributed by atoms with Crippen LogP contribution in [0.5, 0.6) is 0 Å². The third-order valence-electron chi connectivity index (χ3n) is 3.82. The summed E-state index contributed by atoms with van der Waals surface area (Å²) in [5.74, 6) is -0.325. The van der Waals surface area contributed by atoms with Crippen LogP contribution in [0.2, 0.25) is 5.15 Å². The summed E-state index contributed by atoms with van der Waals surface area (Å²) in [6.07, 6.45) is 1.75. The first-order valence-corrected chi connectivity index (χ1v) is 7.15. The number of ether oxygens (including phenoxy) is 1. The SMILES string of the molecule is CCOC(=O)c1c2c(n(C)c1Cl)-c1ccccc1CC2. The Morgan fingerprint density at radius 1 is 1.35 bits per heavy atom. The number of rotatable bonds is 2. The average Bonchev–Trinajstić information content (AvgIpc) is 2.71. The van der Waals surface area contributed by atoms with Crippen LogP contribution in [0.3, 0.4) is 0 Å². The third kappa shape index (κ3) is 1.85. The maximum absolute atomic E-state index is 12.1. The molecule has 3 rings (SSSR count). The number of hydrogen-bond acceptors (Lipinski definition) is 2. The minimum atomic E-state index is -0.325. The van der Waals surface area contributed by atoms with Gasteiger partial charge in [0.2, 0.25) is 0 Å². The monoisotopic (exact) mass is 289 g/mol. The number of esters is 1. The zero-order valence-electron chi connectivity index (χ0n) is 11.6. The molecule has 0 amide bonds. The molecule has 0 saturated heterocycles. The normalized spacial score (nSPS) is 12.8. The molecule has 0 bridgehead atoms. The quantitative estimate of drug-likeness (QED) is 0.791. The van der Waals surface area contributed by atoms with Crippen molar-refractivity contribution in [3.8, 4) is 11.3 Å². The molecule has 0 aliphatic heterocycles. The van der Waals surface area contributed by atoms with E-state index in [4.69, 9.17) is 16.3 Å². The Bertz CT molecular complexity index is 688. The predicted molar refractivity (Wildman–Crippen MR) is 79.2 cm³/mol. The molecular weight excluding hydrogens is 274 g/mol. The maximum atomic E-state index is 12.1. The molecule has 1 aliphatic carbocycles. The summed E-state index contributed by atoms with van der Waals surface area (Å²) in [4.78, 5) is 12.1. The number of aromatic nitrogens is 1. The lowest BCUT2D eigenvalue weighted by molar-refractivity contribution is 0.0525. The van der Waals surface area contributed by atoms with Gasteiger partial charge in [-0.3, -0.25) is 0 Å². The van der Waals surface area contributed by atoms with E-state index < -0.39 is 0 Å². The van der Waals surface area contributed by atoms with Crippen molar-refractivity contribution in [3.63, 3.8) is 0 Å². The van der Waals surface area contributed by atoms with Crippen LogP contribution in [-0.2, 0) is 24.6 Å². The van der Waals surface area contributed by atoms with E-state index in [0.29, 0.717) is 17.3 Å². The highest BCUT2D eigenvalue weighted by atomic mass is 35.5. The number of fused-ring (bicyclic) bond motifs is 3. The molecule has 1 aliphatic rings. The topological polar surface area (TPSA) is 31.2 Å². The van der Waals surface area contributed by atoms with Crippen LogP contribution in [-0.4, -0.2) is 17.1 Å². The minimum Gasteiger partial charge on any atom is -0.462 e. The largest absolute Gasteiger partial charge is 0.462 e. The molecule has 0 saturated carbocycles. The van der Waals surface area contributed by atoms with Gasteiger partial charge in [0.1, 0.15) is 10.7 Å². The summed E-state index contributed by atoms with van der Waals surface area (Å²) in [7, 11) is 1.89. The van der Waals surface area contributed by atoms with Crippen LogP contribution >= 0.6 is 11.6 Å². The van der Waals surface area contributed by atoms with E-state index in [1.54, 1.807) is 6.92 Å². The van der Waals surface area contributed by atoms with Gasteiger partial charge in [-0.2, -0.15) is 0 Å². The van der Waals surface area contributed by atoms with Crippen LogP contribution in [0.15, 0.2) is 24.3 Å². The molecule has 1 aromatic heterocycles. The Morgan fingerprint density at radius 3 is 2.85 bits per heavy atom. The molecule has 0 fully saturated rings. The molecule has 1 aromatic carbocycles. The standard InChI is InChI=1S/C16H16ClNO2/c1-3-20-16(19)13-12-9-8-10-6-4-5-7-11(10)14(12)18(2)15(13)17/h4-7H,3,8-9H2,1-2H3. The van der Waals surface area contributed by atoms with Crippen molar-refractivity contribution in [2.24, 2.45) is 7.05 Å². The molecule has 0 atom stereocenters. The molecular formula is C16H16ClNO2. The van der Waals surface area contributed by atoms with Crippen LogP contribution in [0.25, 0.3) is 11.3 Å². The summed E-state index contributed by atoms with van der Waals surface area (Å²) in [6.45, 7) is 2.16. The molecule has 20 heavy (non-hydrogen) atoms. The number of halogens is 1. The molecule has 0 N–H and O–H groups in total. The predicted octanol–water partition coefficient (Wildman–Crippen LogP) is 3.62. The lowest BCUT2D eigenvalue weighted by atomic mass is 9.88. The Labute approximate surface area is 123 Å². The Balaban J connectivity index is 2.22. The highest BCUT2D eigenvalue weighted by molar-refractivity contribution is 6.33. The molecule has 0 radical (unpaired) electrons. The van der Waals surface area contributed by atoms with Crippen LogP contribution in [0.4, 0.5) is 0 Å². The van der Waals surface area contributed by atoms with E-state index in [9.17, 15) is 4.79 Å². The summed E-state index contributed by atoms with van der Waals surface area (Å²) in [5, 5.41) is 0.463. The molecule has 3 nitrogen and oxygen atoms in total. The summed E-state index contributed by atoms with van der Waals surface area (Å²) in [6, 6.07) is 8.27. The van der Waals surface area contributed by atoms with Crippen molar-refractivity contribution in [3.05, 3.63) is 46.1 Å². The summed E-state index contributed by atoms with van der Waals surface area (Å²) >= 11 is 6.36. The molecule has 0 spiro atoms. The fourth-order valence-electron chi connectivity index (χ4n) is 2.94. The fraction of sp³-hybridized carbons (Fsp3) is 0.312. The van der Waals surface area contributed by atoms with Crippen molar-refractivity contribution >= 4 is 17.6 Å². The van der Waals surface area contributed by atoms with Gasteiger partial charge in [0, 0.05) is 12.6 Å². The number of benzene rings is 1. The van der Waals surface area contributed by atoms with Gasteiger partial charge in [-0.05, 0) is 30.9 Å². The van der Waals surface area contributed by atoms with Gasteiger partial charge in [0.15, 0.2) is 0 Å². The van der Waals surface area contributed by atoms with Gasteiger partial charge >= 0.3 is 5.97 Å². The Morgan fingerprint density at radius 2 is 2.10 bits per heavy atom. The van der Waals surface area contributed by atoms with E-state index >= 15 is 0 Å². The van der Waals surface area contributed by atoms with E-state index in [-0.39, 0.29) is 5.97 Å². The second kappa shape index (κ2) is 4.98. The zero-order chi connectivity index (χ0) is 14.3. The van der Waals surface area contributed by atoms with E-state index in [0.717, 1.165) is 29.7 Å².